The number of benzene rings is 2. The van der Waals surface area contributed by atoms with Gasteiger partial charge < -0.3 is 0 Å². The highest BCUT2D eigenvalue weighted by atomic mass is 15.3. The number of hydrogen-bond acceptors (Lipinski definition) is 2. The molecule has 0 heterocycles. The maximum atomic E-state index is 4.81. The van der Waals surface area contributed by atoms with Gasteiger partial charge in [0.1, 0.15) is 0 Å². The Hall–Kier alpha value is -2.61. The molecule has 0 saturated carbocycles. The first kappa shape index (κ1) is 17.2. The van der Waals surface area contributed by atoms with Crippen molar-refractivity contribution in [2.24, 2.45) is 11.0 Å². The summed E-state index contributed by atoms with van der Waals surface area (Å²) in [7, 11) is 0. The van der Waals surface area contributed by atoms with Gasteiger partial charge >= 0.3 is 0 Å². The second kappa shape index (κ2) is 7.52. The molecule has 2 heteroatoms. The van der Waals surface area contributed by atoms with E-state index >= 15 is 0 Å². The third-order valence-corrected chi connectivity index (χ3v) is 4.60. The van der Waals surface area contributed by atoms with Crippen LogP contribution in [0.4, 0.5) is 5.69 Å². The second-order valence-electron chi connectivity index (χ2n) is 6.95. The maximum absolute atomic E-state index is 4.81. The Labute approximate surface area is 151 Å². The average molecular weight is 330 g/mol. The Morgan fingerprint density at radius 2 is 1.68 bits per heavy atom. The lowest BCUT2D eigenvalue weighted by Gasteiger charge is -2.14. The smallest absolute Gasteiger partial charge is 0.0688 e. The van der Waals surface area contributed by atoms with Crippen LogP contribution in [0.1, 0.15) is 35.6 Å². The van der Waals surface area contributed by atoms with Crippen LogP contribution in [0.2, 0.25) is 0 Å². The Balaban J connectivity index is 1.89. The van der Waals surface area contributed by atoms with E-state index in [2.05, 4.69) is 87.7 Å². The quantitative estimate of drug-likeness (QED) is 0.531. The van der Waals surface area contributed by atoms with E-state index in [1.54, 1.807) is 0 Å². The molecule has 2 nitrogen and oxygen atoms in total. The van der Waals surface area contributed by atoms with Crippen molar-refractivity contribution in [3.8, 4) is 0 Å². The van der Waals surface area contributed by atoms with Crippen molar-refractivity contribution >= 4 is 11.4 Å². The number of hydrazone groups is 1. The maximum Gasteiger partial charge on any atom is 0.0688 e. The van der Waals surface area contributed by atoms with Crippen LogP contribution < -0.4 is 5.43 Å². The van der Waals surface area contributed by atoms with Crippen LogP contribution in [0.5, 0.6) is 0 Å². The van der Waals surface area contributed by atoms with Crippen LogP contribution in [0.3, 0.4) is 0 Å². The van der Waals surface area contributed by atoms with Gasteiger partial charge in [-0.05, 0) is 44.4 Å². The highest BCUT2D eigenvalue weighted by Crippen LogP contribution is 2.24. The molecule has 2 aromatic carbocycles. The van der Waals surface area contributed by atoms with Gasteiger partial charge in [0.15, 0.2) is 0 Å². The summed E-state index contributed by atoms with van der Waals surface area (Å²) in [5.41, 5.74) is 11.8. The lowest BCUT2D eigenvalue weighted by atomic mass is 9.98. The van der Waals surface area contributed by atoms with Crippen molar-refractivity contribution in [1.82, 2.24) is 0 Å². The molecule has 0 spiro atoms. The number of rotatable bonds is 5. The largest absolute Gasteiger partial charge is 0.278 e. The molecule has 1 aliphatic rings. The highest BCUT2D eigenvalue weighted by Gasteiger charge is 2.13. The zero-order valence-corrected chi connectivity index (χ0v) is 15.5. The standard InChI is InChI=1S/C23H26N2/c1-16-10-11-20(14-16)15-22(21-8-6-5-7-9-21)24-25-23-18(3)12-17(2)13-19(23)4/h5-14,20,25H,15H2,1-4H3. The van der Waals surface area contributed by atoms with Gasteiger partial charge in [0.05, 0.1) is 11.4 Å². The summed E-state index contributed by atoms with van der Waals surface area (Å²) in [4.78, 5) is 0. The van der Waals surface area contributed by atoms with Gasteiger partial charge in [0.25, 0.3) is 0 Å². The molecule has 25 heavy (non-hydrogen) atoms. The summed E-state index contributed by atoms with van der Waals surface area (Å²) in [6, 6.07) is 14.8. The fraction of sp³-hybridized carbons (Fsp3) is 0.261. The normalized spacial score (nSPS) is 16.9. The van der Waals surface area contributed by atoms with Gasteiger partial charge in [-0.25, -0.2) is 0 Å². The molecule has 1 atom stereocenters. The molecule has 1 N–H and O–H groups in total. The first-order valence-corrected chi connectivity index (χ1v) is 8.85. The third kappa shape index (κ3) is 4.27. The summed E-state index contributed by atoms with van der Waals surface area (Å²) in [5.74, 6) is 0.418. The molecular formula is C23H26N2. The molecule has 0 bridgehead atoms. The Bertz CT molecular complexity index is 819. The van der Waals surface area contributed by atoms with E-state index in [0.717, 1.165) is 17.8 Å². The van der Waals surface area contributed by atoms with Crippen LogP contribution in [0.15, 0.2) is 71.4 Å². The van der Waals surface area contributed by atoms with Crippen molar-refractivity contribution < 1.29 is 0 Å². The molecule has 0 fully saturated rings. The molecule has 0 saturated heterocycles. The van der Waals surface area contributed by atoms with E-state index in [1.165, 1.54) is 27.8 Å². The number of allylic oxidation sites excluding steroid dienone is 4. The number of nitrogens with zero attached hydrogens (tertiary/aromatic N) is 1. The van der Waals surface area contributed by atoms with Crippen LogP contribution in [0.25, 0.3) is 0 Å². The van der Waals surface area contributed by atoms with E-state index in [4.69, 9.17) is 5.10 Å². The number of aryl methyl sites for hydroxylation is 3. The molecule has 3 rings (SSSR count). The molecule has 1 aliphatic carbocycles. The van der Waals surface area contributed by atoms with E-state index in [9.17, 15) is 0 Å². The number of nitrogens with one attached hydrogen (secondary N) is 1. The van der Waals surface area contributed by atoms with Crippen molar-refractivity contribution in [3.05, 3.63) is 88.5 Å². The minimum absolute atomic E-state index is 0.418. The minimum atomic E-state index is 0.418. The summed E-state index contributed by atoms with van der Waals surface area (Å²) in [6.45, 7) is 8.54. The Kier molecular flexibility index (Phi) is 5.18. The lowest BCUT2D eigenvalue weighted by molar-refractivity contribution is 0.870. The van der Waals surface area contributed by atoms with Crippen molar-refractivity contribution in [2.45, 2.75) is 34.1 Å². The molecule has 128 valence electrons. The van der Waals surface area contributed by atoms with Crippen LogP contribution in [-0.4, -0.2) is 5.71 Å². The molecule has 2 aromatic rings. The van der Waals surface area contributed by atoms with Crippen molar-refractivity contribution in [1.29, 1.82) is 0 Å². The molecule has 0 aliphatic heterocycles. The molecular weight excluding hydrogens is 304 g/mol. The number of hydrogen-bond donors (Lipinski definition) is 1. The van der Waals surface area contributed by atoms with Crippen LogP contribution >= 0.6 is 0 Å². The monoisotopic (exact) mass is 330 g/mol. The van der Waals surface area contributed by atoms with Gasteiger partial charge in [-0.2, -0.15) is 5.10 Å². The SMILES string of the molecule is CC1=CC(CC(=NNc2c(C)cc(C)cc2C)c2ccccc2)C=C1. The lowest BCUT2D eigenvalue weighted by Crippen LogP contribution is -2.09. The average Bonchev–Trinajstić information content (AvgIpc) is 2.98. The van der Waals surface area contributed by atoms with Crippen molar-refractivity contribution in [3.63, 3.8) is 0 Å². The summed E-state index contributed by atoms with van der Waals surface area (Å²) in [6.07, 6.45) is 7.65. The molecule has 0 radical (unpaired) electrons. The predicted molar refractivity (Wildman–Crippen MR) is 108 cm³/mol. The highest BCUT2D eigenvalue weighted by molar-refractivity contribution is 6.01. The second-order valence-corrected chi connectivity index (χ2v) is 6.95. The zero-order valence-electron chi connectivity index (χ0n) is 15.5. The van der Waals surface area contributed by atoms with E-state index < -0.39 is 0 Å². The van der Waals surface area contributed by atoms with E-state index in [1.807, 2.05) is 6.07 Å². The Morgan fingerprint density at radius 3 is 2.28 bits per heavy atom. The molecule has 0 amide bonds. The summed E-state index contributed by atoms with van der Waals surface area (Å²) >= 11 is 0. The van der Waals surface area contributed by atoms with Gasteiger partial charge in [0.2, 0.25) is 0 Å². The van der Waals surface area contributed by atoms with Crippen LogP contribution in [0, 0.1) is 26.7 Å². The first-order chi connectivity index (χ1) is 12.0. The fourth-order valence-electron chi connectivity index (χ4n) is 3.41. The zero-order chi connectivity index (χ0) is 17.8. The fourth-order valence-corrected chi connectivity index (χ4v) is 3.41. The van der Waals surface area contributed by atoms with Crippen LogP contribution in [-0.2, 0) is 0 Å². The third-order valence-electron chi connectivity index (χ3n) is 4.60. The predicted octanol–water partition coefficient (Wildman–Crippen LogP) is 5.95. The topological polar surface area (TPSA) is 24.4 Å². The number of anilines is 1. The summed E-state index contributed by atoms with van der Waals surface area (Å²) in [5, 5.41) is 4.81. The Morgan fingerprint density at radius 1 is 1.00 bits per heavy atom. The van der Waals surface area contributed by atoms with E-state index in [-0.39, 0.29) is 0 Å². The minimum Gasteiger partial charge on any atom is -0.278 e. The van der Waals surface area contributed by atoms with Gasteiger partial charge in [-0.1, -0.05) is 71.8 Å². The van der Waals surface area contributed by atoms with Gasteiger partial charge in [0, 0.05) is 12.3 Å². The van der Waals surface area contributed by atoms with Gasteiger partial charge in [-0.3, -0.25) is 5.43 Å². The first-order valence-electron chi connectivity index (χ1n) is 8.85. The van der Waals surface area contributed by atoms with E-state index in [0.29, 0.717) is 5.92 Å². The molecule has 0 aromatic heterocycles. The molecule has 1 unspecified atom stereocenters. The van der Waals surface area contributed by atoms with Crippen molar-refractivity contribution in [2.75, 3.05) is 5.43 Å². The summed E-state index contributed by atoms with van der Waals surface area (Å²) < 4.78 is 0. The van der Waals surface area contributed by atoms with Gasteiger partial charge in [-0.15, -0.1) is 0 Å².